The Balaban J connectivity index is 1.67. The van der Waals surface area contributed by atoms with Gasteiger partial charge in [-0.1, -0.05) is 64.8 Å². The van der Waals surface area contributed by atoms with Gasteiger partial charge in [-0.25, -0.2) is 4.98 Å². The maximum atomic E-state index is 13.1. The van der Waals surface area contributed by atoms with E-state index in [0.717, 1.165) is 30.2 Å². The predicted molar refractivity (Wildman–Crippen MR) is 113 cm³/mol. The fraction of sp³-hybridized carbons (Fsp3) is 0.286. The Bertz CT molecular complexity index is 1040. The van der Waals surface area contributed by atoms with Crippen molar-refractivity contribution in [3.63, 3.8) is 0 Å². The van der Waals surface area contributed by atoms with E-state index in [4.69, 9.17) is 4.98 Å². The van der Waals surface area contributed by atoms with Crippen molar-refractivity contribution in [2.45, 2.75) is 36.9 Å². The molecule has 3 aromatic rings. The number of fused-ring (bicyclic) bond motifs is 1. The first kappa shape index (κ1) is 18.4. The monoisotopic (exact) mass is 442 g/mol. The van der Waals surface area contributed by atoms with Crippen molar-refractivity contribution in [3.8, 4) is 0 Å². The summed E-state index contributed by atoms with van der Waals surface area (Å²) in [5, 5.41) is 1.30. The first-order valence-electron chi connectivity index (χ1n) is 9.06. The molecule has 0 saturated heterocycles. The molecule has 27 heavy (non-hydrogen) atoms. The van der Waals surface area contributed by atoms with Crippen LogP contribution in [0.15, 0.2) is 63.0 Å². The van der Waals surface area contributed by atoms with E-state index in [2.05, 4.69) is 15.9 Å². The largest absolute Gasteiger partial charge is 0.293 e. The lowest BCUT2D eigenvalue weighted by atomic mass is 10.2. The Morgan fingerprint density at radius 3 is 2.56 bits per heavy atom. The summed E-state index contributed by atoms with van der Waals surface area (Å²) < 4.78 is 2.77. The van der Waals surface area contributed by atoms with Gasteiger partial charge in [-0.15, -0.1) is 0 Å². The summed E-state index contributed by atoms with van der Waals surface area (Å²) in [6, 6.07) is 15.0. The average molecular weight is 443 g/mol. The van der Waals surface area contributed by atoms with E-state index in [0.29, 0.717) is 21.6 Å². The highest BCUT2D eigenvalue weighted by atomic mass is 79.9. The van der Waals surface area contributed by atoms with Gasteiger partial charge in [0, 0.05) is 16.1 Å². The number of benzene rings is 2. The highest BCUT2D eigenvalue weighted by molar-refractivity contribution is 9.10. The van der Waals surface area contributed by atoms with Crippen LogP contribution in [0, 0.1) is 0 Å². The average Bonchev–Trinajstić information content (AvgIpc) is 3.21. The van der Waals surface area contributed by atoms with Crippen molar-refractivity contribution >= 4 is 44.4 Å². The molecule has 0 amide bonds. The number of para-hydroxylation sites is 1. The van der Waals surface area contributed by atoms with E-state index >= 15 is 0 Å². The van der Waals surface area contributed by atoms with Crippen LogP contribution in [0.1, 0.15) is 42.1 Å². The number of aromatic nitrogens is 2. The molecule has 4 nitrogen and oxygen atoms in total. The number of carbonyl (C=O) groups excluding carboxylic acids is 1. The third kappa shape index (κ3) is 3.87. The van der Waals surface area contributed by atoms with Crippen molar-refractivity contribution in [1.82, 2.24) is 9.55 Å². The normalized spacial score (nSPS) is 14.7. The smallest absolute Gasteiger partial charge is 0.262 e. The molecule has 0 N–H and O–H groups in total. The second-order valence-electron chi connectivity index (χ2n) is 6.74. The Labute approximate surface area is 170 Å². The zero-order chi connectivity index (χ0) is 18.8. The van der Waals surface area contributed by atoms with E-state index in [1.807, 2.05) is 53.1 Å². The minimum absolute atomic E-state index is 0.00564. The first-order chi connectivity index (χ1) is 13.1. The lowest BCUT2D eigenvalue weighted by Crippen LogP contribution is -2.26. The highest BCUT2D eigenvalue weighted by Crippen LogP contribution is 2.32. The van der Waals surface area contributed by atoms with Gasteiger partial charge in [0.2, 0.25) is 0 Å². The Morgan fingerprint density at radius 1 is 1.11 bits per heavy atom. The van der Waals surface area contributed by atoms with Gasteiger partial charge in [-0.3, -0.25) is 14.2 Å². The maximum Gasteiger partial charge on any atom is 0.262 e. The first-order valence-corrected chi connectivity index (χ1v) is 10.8. The molecular formula is C21H19BrN2O2S. The summed E-state index contributed by atoms with van der Waals surface area (Å²) in [5.74, 6) is 0.298. The fourth-order valence-electron chi connectivity index (χ4n) is 3.56. The van der Waals surface area contributed by atoms with Gasteiger partial charge in [0.05, 0.1) is 16.7 Å². The van der Waals surface area contributed by atoms with Crippen molar-refractivity contribution in [2.75, 3.05) is 5.75 Å². The summed E-state index contributed by atoms with van der Waals surface area (Å²) in [7, 11) is 0. The molecule has 0 aliphatic heterocycles. The number of carbonyl (C=O) groups is 1. The number of hydrogen-bond donors (Lipinski definition) is 0. The van der Waals surface area contributed by atoms with E-state index < -0.39 is 0 Å². The molecule has 1 aromatic heterocycles. The van der Waals surface area contributed by atoms with Gasteiger partial charge in [0.25, 0.3) is 5.56 Å². The van der Waals surface area contributed by atoms with Crippen LogP contribution in [0.25, 0.3) is 10.9 Å². The quantitative estimate of drug-likeness (QED) is 0.307. The molecule has 138 valence electrons. The lowest BCUT2D eigenvalue weighted by Gasteiger charge is -2.18. The topological polar surface area (TPSA) is 52.0 Å². The summed E-state index contributed by atoms with van der Waals surface area (Å²) in [4.78, 5) is 30.4. The SMILES string of the molecule is O=C(CSc1nc2ccccc2c(=O)n1C1CCCC1)c1ccc(Br)cc1. The van der Waals surface area contributed by atoms with E-state index in [1.165, 1.54) is 11.8 Å². The standard InChI is InChI=1S/C21H19BrN2O2S/c22-15-11-9-14(10-12-15)19(25)13-27-21-23-18-8-4-3-7-17(18)20(26)24(21)16-5-1-2-6-16/h3-4,7-12,16H,1-2,5-6,13H2. The minimum Gasteiger partial charge on any atom is -0.293 e. The van der Waals surface area contributed by atoms with Crippen LogP contribution in [0.4, 0.5) is 0 Å². The van der Waals surface area contributed by atoms with E-state index in [1.54, 1.807) is 0 Å². The number of Topliss-reactive ketones (excluding diaryl/α,β-unsaturated/α-hetero) is 1. The molecule has 0 unspecified atom stereocenters. The summed E-state index contributed by atoms with van der Waals surface area (Å²) in [6.45, 7) is 0. The van der Waals surface area contributed by atoms with Gasteiger partial charge >= 0.3 is 0 Å². The Morgan fingerprint density at radius 2 is 1.81 bits per heavy atom. The van der Waals surface area contributed by atoms with Crippen molar-refractivity contribution in [3.05, 3.63) is 68.9 Å². The van der Waals surface area contributed by atoms with Gasteiger partial charge < -0.3 is 0 Å². The van der Waals surface area contributed by atoms with Crippen LogP contribution < -0.4 is 5.56 Å². The molecule has 4 rings (SSSR count). The predicted octanol–water partition coefficient (Wildman–Crippen LogP) is 5.25. The maximum absolute atomic E-state index is 13.1. The second kappa shape index (κ2) is 7.98. The summed E-state index contributed by atoms with van der Waals surface area (Å²) in [5.41, 5.74) is 1.36. The molecule has 1 heterocycles. The fourth-order valence-corrected chi connectivity index (χ4v) is 4.79. The number of ketones is 1. The van der Waals surface area contributed by atoms with Crippen LogP contribution in [0.5, 0.6) is 0 Å². The molecule has 1 aliphatic carbocycles. The highest BCUT2D eigenvalue weighted by Gasteiger charge is 2.23. The minimum atomic E-state index is 0.00564. The number of halogens is 1. The second-order valence-corrected chi connectivity index (χ2v) is 8.60. The number of hydrogen-bond acceptors (Lipinski definition) is 4. The summed E-state index contributed by atoms with van der Waals surface area (Å²) >= 11 is 4.74. The van der Waals surface area contributed by atoms with Crippen LogP contribution in [0.2, 0.25) is 0 Å². The zero-order valence-corrected chi connectivity index (χ0v) is 17.1. The van der Waals surface area contributed by atoms with Crippen LogP contribution >= 0.6 is 27.7 Å². The molecule has 0 spiro atoms. The molecule has 6 heteroatoms. The summed E-state index contributed by atoms with van der Waals surface area (Å²) in [6.07, 6.45) is 4.25. The van der Waals surface area contributed by atoms with Crippen molar-refractivity contribution in [1.29, 1.82) is 0 Å². The van der Waals surface area contributed by atoms with Gasteiger partial charge in [0.1, 0.15) is 0 Å². The molecule has 0 bridgehead atoms. The zero-order valence-electron chi connectivity index (χ0n) is 14.7. The van der Waals surface area contributed by atoms with Crippen molar-refractivity contribution in [2.24, 2.45) is 0 Å². The van der Waals surface area contributed by atoms with E-state index in [9.17, 15) is 9.59 Å². The number of thioether (sulfide) groups is 1. The van der Waals surface area contributed by atoms with Crippen LogP contribution in [-0.4, -0.2) is 21.1 Å². The third-order valence-electron chi connectivity index (χ3n) is 4.96. The van der Waals surface area contributed by atoms with Gasteiger partial charge in [0.15, 0.2) is 10.9 Å². The lowest BCUT2D eigenvalue weighted by molar-refractivity contribution is 0.102. The molecule has 1 fully saturated rings. The number of nitrogens with zero attached hydrogens (tertiary/aromatic N) is 2. The third-order valence-corrected chi connectivity index (χ3v) is 6.45. The molecule has 0 radical (unpaired) electrons. The van der Waals surface area contributed by atoms with Gasteiger partial charge in [-0.2, -0.15) is 0 Å². The number of rotatable bonds is 5. The molecule has 2 aromatic carbocycles. The van der Waals surface area contributed by atoms with E-state index in [-0.39, 0.29) is 23.1 Å². The molecule has 1 aliphatic rings. The Hall–Kier alpha value is -1.92. The molecule has 1 saturated carbocycles. The van der Waals surface area contributed by atoms with Crippen LogP contribution in [-0.2, 0) is 0 Å². The molecular weight excluding hydrogens is 424 g/mol. The van der Waals surface area contributed by atoms with Crippen molar-refractivity contribution < 1.29 is 4.79 Å². The van der Waals surface area contributed by atoms with Crippen LogP contribution in [0.3, 0.4) is 0 Å². The molecule has 0 atom stereocenters. The Kier molecular flexibility index (Phi) is 5.45. The van der Waals surface area contributed by atoms with Gasteiger partial charge in [-0.05, 0) is 37.1 Å².